The molecule has 43 heavy (non-hydrogen) atoms. The fraction of sp³-hybridized carbons (Fsp3) is 0. The topological polar surface area (TPSA) is 38.9 Å². The fourth-order valence-electron chi connectivity index (χ4n) is 6.35. The summed E-state index contributed by atoms with van der Waals surface area (Å²) in [7, 11) is 0. The molecule has 0 saturated heterocycles. The van der Waals surface area contributed by atoms with Gasteiger partial charge in [0, 0.05) is 38.2 Å². The van der Waals surface area contributed by atoms with Gasteiger partial charge < -0.3 is 4.42 Å². The zero-order valence-electron chi connectivity index (χ0n) is 23.2. The van der Waals surface area contributed by atoms with Gasteiger partial charge in [-0.15, -0.1) is 0 Å². The zero-order valence-corrected chi connectivity index (χ0v) is 23.2. The SMILES string of the molecule is c1cc(-c2ccc3ccc4ccc(-c5cccc6ccccc56)nc4c3n2)cc(-c2cccc3c2oc2ccccc23)c1. The highest BCUT2D eigenvalue weighted by atomic mass is 16.3. The van der Waals surface area contributed by atoms with Crippen molar-refractivity contribution in [2.75, 3.05) is 0 Å². The van der Waals surface area contributed by atoms with E-state index in [-0.39, 0.29) is 0 Å². The Balaban J connectivity index is 1.20. The van der Waals surface area contributed by atoms with Crippen LogP contribution in [0, 0.1) is 0 Å². The van der Waals surface area contributed by atoms with Crippen LogP contribution in [0.3, 0.4) is 0 Å². The quantitative estimate of drug-likeness (QED) is 0.206. The first-order chi connectivity index (χ1) is 21.3. The highest BCUT2D eigenvalue weighted by Gasteiger charge is 2.14. The third-order valence-electron chi connectivity index (χ3n) is 8.46. The largest absolute Gasteiger partial charge is 0.455 e. The average molecular weight is 549 g/mol. The first kappa shape index (κ1) is 23.9. The second kappa shape index (κ2) is 9.37. The normalized spacial score (nSPS) is 11.7. The molecule has 9 aromatic rings. The third-order valence-corrected chi connectivity index (χ3v) is 8.46. The summed E-state index contributed by atoms with van der Waals surface area (Å²) in [5.41, 5.74) is 9.83. The Morgan fingerprint density at radius 3 is 1.88 bits per heavy atom. The lowest BCUT2D eigenvalue weighted by molar-refractivity contribution is 0.670. The molecule has 0 unspecified atom stereocenters. The molecular formula is C40H24N2O. The van der Waals surface area contributed by atoms with Crippen molar-refractivity contribution in [3.05, 3.63) is 146 Å². The summed E-state index contributed by atoms with van der Waals surface area (Å²) >= 11 is 0. The van der Waals surface area contributed by atoms with Crippen LogP contribution in [0.2, 0.25) is 0 Å². The number of hydrogen-bond acceptors (Lipinski definition) is 3. The first-order valence-electron chi connectivity index (χ1n) is 14.5. The van der Waals surface area contributed by atoms with Gasteiger partial charge in [0.2, 0.25) is 0 Å². The molecule has 3 aromatic heterocycles. The second-order valence-electron chi connectivity index (χ2n) is 11.0. The van der Waals surface area contributed by atoms with Crippen LogP contribution in [0.1, 0.15) is 0 Å². The minimum Gasteiger partial charge on any atom is -0.455 e. The van der Waals surface area contributed by atoms with Gasteiger partial charge in [0.1, 0.15) is 11.2 Å². The molecule has 0 amide bonds. The van der Waals surface area contributed by atoms with E-state index in [0.29, 0.717) is 0 Å². The molecule has 0 atom stereocenters. The molecule has 0 fully saturated rings. The van der Waals surface area contributed by atoms with Gasteiger partial charge in [-0.25, -0.2) is 9.97 Å². The molecule has 9 rings (SSSR count). The highest BCUT2D eigenvalue weighted by molar-refractivity contribution is 6.10. The van der Waals surface area contributed by atoms with Crippen LogP contribution in [-0.2, 0) is 0 Å². The number of aromatic nitrogens is 2. The molecule has 0 bridgehead atoms. The van der Waals surface area contributed by atoms with Gasteiger partial charge in [-0.3, -0.25) is 0 Å². The van der Waals surface area contributed by atoms with E-state index in [1.807, 2.05) is 12.1 Å². The number of furan rings is 1. The van der Waals surface area contributed by atoms with Crippen molar-refractivity contribution in [1.29, 1.82) is 0 Å². The summed E-state index contributed by atoms with van der Waals surface area (Å²) in [4.78, 5) is 10.4. The Morgan fingerprint density at radius 1 is 0.395 bits per heavy atom. The lowest BCUT2D eigenvalue weighted by atomic mass is 9.99. The molecule has 0 radical (unpaired) electrons. The summed E-state index contributed by atoms with van der Waals surface area (Å²) in [6, 6.07) is 50.8. The van der Waals surface area contributed by atoms with Gasteiger partial charge in [-0.2, -0.15) is 0 Å². The van der Waals surface area contributed by atoms with Crippen molar-refractivity contribution >= 4 is 54.5 Å². The van der Waals surface area contributed by atoms with E-state index in [2.05, 4.69) is 133 Å². The highest BCUT2D eigenvalue weighted by Crippen LogP contribution is 2.37. The van der Waals surface area contributed by atoms with Crippen molar-refractivity contribution in [2.24, 2.45) is 0 Å². The van der Waals surface area contributed by atoms with E-state index in [1.54, 1.807) is 0 Å². The average Bonchev–Trinajstić information content (AvgIpc) is 3.46. The predicted molar refractivity (Wildman–Crippen MR) is 178 cm³/mol. The summed E-state index contributed by atoms with van der Waals surface area (Å²) in [5.74, 6) is 0. The minimum absolute atomic E-state index is 0.902. The van der Waals surface area contributed by atoms with Crippen LogP contribution in [-0.4, -0.2) is 9.97 Å². The number of nitrogens with zero attached hydrogens (tertiary/aromatic N) is 2. The van der Waals surface area contributed by atoms with E-state index in [0.717, 1.165) is 77.4 Å². The number of fused-ring (bicyclic) bond motifs is 7. The number of pyridine rings is 2. The third kappa shape index (κ3) is 3.83. The maximum absolute atomic E-state index is 6.34. The summed E-state index contributed by atoms with van der Waals surface area (Å²) < 4.78 is 6.34. The smallest absolute Gasteiger partial charge is 0.143 e. The van der Waals surface area contributed by atoms with Gasteiger partial charge in [-0.05, 0) is 40.6 Å². The van der Waals surface area contributed by atoms with Crippen LogP contribution >= 0.6 is 0 Å². The predicted octanol–water partition coefficient (Wildman–Crippen LogP) is 10.8. The molecule has 0 aliphatic carbocycles. The fourth-order valence-corrected chi connectivity index (χ4v) is 6.35. The Kier molecular flexibility index (Phi) is 5.20. The molecule has 0 N–H and O–H groups in total. The van der Waals surface area contributed by atoms with Crippen LogP contribution < -0.4 is 0 Å². The number of rotatable bonds is 3. The summed E-state index contributed by atoms with van der Waals surface area (Å²) in [6.07, 6.45) is 0. The molecule has 0 aliphatic rings. The lowest BCUT2D eigenvalue weighted by Gasteiger charge is -2.10. The maximum Gasteiger partial charge on any atom is 0.143 e. The summed E-state index contributed by atoms with van der Waals surface area (Å²) in [5, 5.41) is 6.81. The van der Waals surface area contributed by atoms with Crippen molar-refractivity contribution < 1.29 is 4.42 Å². The van der Waals surface area contributed by atoms with Gasteiger partial charge in [-0.1, -0.05) is 121 Å². The van der Waals surface area contributed by atoms with Gasteiger partial charge in [0.05, 0.1) is 22.4 Å². The minimum atomic E-state index is 0.902. The van der Waals surface area contributed by atoms with E-state index in [9.17, 15) is 0 Å². The standard InChI is InChI=1S/C40H24N2O/c1-2-12-30-25(8-1)9-6-15-32(30)36-23-21-27-19-18-26-20-22-35(41-38(26)39(27)42-36)29-11-5-10-28(24-29)31-14-7-16-34-33-13-3-4-17-37(33)43-40(31)34/h1-24H. The maximum atomic E-state index is 6.34. The summed E-state index contributed by atoms with van der Waals surface area (Å²) in [6.45, 7) is 0. The molecule has 0 aliphatic heterocycles. The van der Waals surface area contributed by atoms with Gasteiger partial charge in [0.25, 0.3) is 0 Å². The van der Waals surface area contributed by atoms with Gasteiger partial charge >= 0.3 is 0 Å². The Hall–Kier alpha value is -5.80. The molecule has 0 saturated carbocycles. The van der Waals surface area contributed by atoms with Crippen molar-refractivity contribution in [3.8, 4) is 33.6 Å². The molecule has 3 heterocycles. The van der Waals surface area contributed by atoms with Crippen molar-refractivity contribution in [2.45, 2.75) is 0 Å². The van der Waals surface area contributed by atoms with Crippen LogP contribution in [0.25, 0.3) is 88.2 Å². The molecular weight excluding hydrogens is 524 g/mol. The number of para-hydroxylation sites is 2. The Morgan fingerprint density at radius 2 is 1.00 bits per heavy atom. The number of hydrogen-bond donors (Lipinski definition) is 0. The molecule has 6 aromatic carbocycles. The van der Waals surface area contributed by atoms with Crippen LogP contribution in [0.15, 0.2) is 150 Å². The molecule has 3 heteroatoms. The van der Waals surface area contributed by atoms with Crippen LogP contribution in [0.4, 0.5) is 0 Å². The van der Waals surface area contributed by atoms with Crippen molar-refractivity contribution in [3.63, 3.8) is 0 Å². The van der Waals surface area contributed by atoms with E-state index in [1.165, 1.54) is 10.8 Å². The van der Waals surface area contributed by atoms with Crippen molar-refractivity contribution in [1.82, 2.24) is 9.97 Å². The molecule has 3 nitrogen and oxygen atoms in total. The Labute approximate surface area is 247 Å². The number of benzene rings is 6. The van der Waals surface area contributed by atoms with E-state index in [4.69, 9.17) is 14.4 Å². The monoisotopic (exact) mass is 548 g/mol. The lowest BCUT2D eigenvalue weighted by Crippen LogP contribution is -1.92. The molecule has 0 spiro atoms. The van der Waals surface area contributed by atoms with E-state index < -0.39 is 0 Å². The van der Waals surface area contributed by atoms with Crippen LogP contribution in [0.5, 0.6) is 0 Å². The zero-order chi connectivity index (χ0) is 28.3. The van der Waals surface area contributed by atoms with E-state index >= 15 is 0 Å². The second-order valence-corrected chi connectivity index (χ2v) is 11.0. The van der Waals surface area contributed by atoms with Gasteiger partial charge in [0.15, 0.2) is 0 Å². The molecule has 200 valence electrons. The first-order valence-corrected chi connectivity index (χ1v) is 14.5. The Bertz CT molecular complexity index is 2520.